The van der Waals surface area contributed by atoms with Crippen LogP contribution in [0, 0.1) is 17.2 Å². The van der Waals surface area contributed by atoms with Gasteiger partial charge in [-0.15, -0.1) is 0 Å². The Labute approximate surface area is 79.3 Å². The number of aliphatic hydroxyl groups excluding tert-OH is 1. The largest absolute Gasteiger partial charge is 0.396 e. The average molecular weight is 183 g/mol. The third-order valence-electron chi connectivity index (χ3n) is 2.33. The molecule has 1 saturated carbocycles. The van der Waals surface area contributed by atoms with Crippen molar-refractivity contribution in [1.82, 2.24) is 0 Å². The summed E-state index contributed by atoms with van der Waals surface area (Å²) in [4.78, 5) is 0. The summed E-state index contributed by atoms with van der Waals surface area (Å²) < 4.78 is 5.45. The zero-order valence-corrected chi connectivity index (χ0v) is 8.12. The van der Waals surface area contributed by atoms with Crippen LogP contribution in [0.1, 0.15) is 32.6 Å². The van der Waals surface area contributed by atoms with Gasteiger partial charge in [0, 0.05) is 6.61 Å². The number of aliphatic hydroxyl groups is 1. The molecular formula is C10H17NO2. The molecule has 0 saturated heterocycles. The highest BCUT2D eigenvalue weighted by molar-refractivity contribution is 5.01. The predicted octanol–water partition coefficient (Wildman–Crippen LogP) is 1.47. The number of hydrogen-bond donors (Lipinski definition) is 1. The highest BCUT2D eigenvalue weighted by Gasteiger charge is 2.33. The minimum Gasteiger partial charge on any atom is -0.396 e. The first-order valence-electron chi connectivity index (χ1n) is 4.86. The second-order valence-corrected chi connectivity index (χ2v) is 3.92. The molecule has 0 bridgehead atoms. The second kappa shape index (κ2) is 4.59. The van der Waals surface area contributed by atoms with Gasteiger partial charge in [-0.3, -0.25) is 0 Å². The van der Waals surface area contributed by atoms with Crippen LogP contribution in [0.2, 0.25) is 0 Å². The van der Waals surface area contributed by atoms with E-state index in [1.165, 1.54) is 12.8 Å². The summed E-state index contributed by atoms with van der Waals surface area (Å²) in [7, 11) is 0. The lowest BCUT2D eigenvalue weighted by molar-refractivity contribution is -0.00441. The Morgan fingerprint density at radius 1 is 1.62 bits per heavy atom. The monoisotopic (exact) mass is 183 g/mol. The van der Waals surface area contributed by atoms with E-state index in [9.17, 15) is 0 Å². The maximum Gasteiger partial charge on any atom is 0.151 e. The summed E-state index contributed by atoms with van der Waals surface area (Å²) in [5, 5.41) is 17.5. The molecule has 3 heteroatoms. The standard InChI is InChI=1S/C10H17NO2/c1-10(8-11,7-9-3-4-9)13-6-2-5-12/h9,12H,2-7H2,1H3. The van der Waals surface area contributed by atoms with Crippen molar-refractivity contribution in [2.45, 2.75) is 38.2 Å². The van der Waals surface area contributed by atoms with Crippen molar-refractivity contribution in [2.24, 2.45) is 5.92 Å². The molecule has 1 aliphatic rings. The molecular weight excluding hydrogens is 166 g/mol. The molecule has 0 aromatic heterocycles. The molecule has 1 unspecified atom stereocenters. The lowest BCUT2D eigenvalue weighted by atomic mass is 10.0. The van der Waals surface area contributed by atoms with Gasteiger partial charge in [0.2, 0.25) is 0 Å². The molecule has 3 nitrogen and oxygen atoms in total. The Morgan fingerprint density at radius 2 is 2.31 bits per heavy atom. The zero-order valence-electron chi connectivity index (χ0n) is 8.12. The lowest BCUT2D eigenvalue weighted by Gasteiger charge is -2.21. The van der Waals surface area contributed by atoms with Crippen molar-refractivity contribution >= 4 is 0 Å². The van der Waals surface area contributed by atoms with Gasteiger partial charge in [-0.05, 0) is 25.7 Å². The van der Waals surface area contributed by atoms with Crippen LogP contribution in [-0.2, 0) is 4.74 Å². The van der Waals surface area contributed by atoms with Gasteiger partial charge in [-0.25, -0.2) is 0 Å². The van der Waals surface area contributed by atoms with Crippen molar-refractivity contribution in [1.29, 1.82) is 5.26 Å². The Balaban J connectivity index is 2.25. The van der Waals surface area contributed by atoms with Crippen LogP contribution < -0.4 is 0 Å². The molecule has 0 heterocycles. The molecule has 0 amide bonds. The normalized spacial score (nSPS) is 20.7. The summed E-state index contributed by atoms with van der Waals surface area (Å²) in [6, 6.07) is 2.20. The molecule has 1 fully saturated rings. The van der Waals surface area contributed by atoms with E-state index in [0.717, 1.165) is 6.42 Å². The summed E-state index contributed by atoms with van der Waals surface area (Å²) >= 11 is 0. The van der Waals surface area contributed by atoms with Crippen LogP contribution in [0.5, 0.6) is 0 Å². The Bertz CT molecular complexity index is 196. The van der Waals surface area contributed by atoms with E-state index in [0.29, 0.717) is 18.9 Å². The Morgan fingerprint density at radius 3 is 2.77 bits per heavy atom. The van der Waals surface area contributed by atoms with Gasteiger partial charge in [0.25, 0.3) is 0 Å². The second-order valence-electron chi connectivity index (χ2n) is 3.92. The van der Waals surface area contributed by atoms with Crippen LogP contribution in [0.3, 0.4) is 0 Å². The number of nitriles is 1. The van der Waals surface area contributed by atoms with E-state index in [2.05, 4.69) is 6.07 Å². The summed E-state index contributed by atoms with van der Waals surface area (Å²) in [6.45, 7) is 2.45. The van der Waals surface area contributed by atoms with Gasteiger partial charge in [0.1, 0.15) is 0 Å². The van der Waals surface area contributed by atoms with Crippen molar-refractivity contribution in [3.05, 3.63) is 0 Å². The number of hydrogen-bond acceptors (Lipinski definition) is 3. The first-order valence-corrected chi connectivity index (χ1v) is 4.86. The first-order chi connectivity index (χ1) is 6.20. The smallest absolute Gasteiger partial charge is 0.151 e. The highest BCUT2D eigenvalue weighted by Crippen LogP contribution is 2.37. The van der Waals surface area contributed by atoms with Crippen LogP contribution in [0.15, 0.2) is 0 Å². The van der Waals surface area contributed by atoms with Crippen LogP contribution >= 0.6 is 0 Å². The minimum atomic E-state index is -0.629. The Kier molecular flexibility index (Phi) is 3.71. The predicted molar refractivity (Wildman–Crippen MR) is 49.0 cm³/mol. The van der Waals surface area contributed by atoms with Crippen molar-refractivity contribution in [2.75, 3.05) is 13.2 Å². The lowest BCUT2D eigenvalue weighted by Crippen LogP contribution is -2.28. The molecule has 0 aromatic rings. The van der Waals surface area contributed by atoms with Gasteiger partial charge in [-0.1, -0.05) is 12.8 Å². The van der Waals surface area contributed by atoms with Crippen molar-refractivity contribution in [3.63, 3.8) is 0 Å². The van der Waals surface area contributed by atoms with Gasteiger partial charge in [-0.2, -0.15) is 5.26 Å². The summed E-state index contributed by atoms with van der Waals surface area (Å²) in [5.74, 6) is 0.693. The fraction of sp³-hybridized carbons (Fsp3) is 0.900. The number of ether oxygens (including phenoxy) is 1. The maximum absolute atomic E-state index is 8.92. The number of rotatable bonds is 6. The average Bonchev–Trinajstić information content (AvgIpc) is 2.89. The molecule has 0 spiro atoms. The van der Waals surface area contributed by atoms with Gasteiger partial charge in [0.05, 0.1) is 12.7 Å². The minimum absolute atomic E-state index is 0.130. The molecule has 0 radical (unpaired) electrons. The molecule has 1 rings (SSSR count). The molecule has 1 aliphatic carbocycles. The number of nitrogens with zero attached hydrogens (tertiary/aromatic N) is 1. The van der Waals surface area contributed by atoms with Crippen LogP contribution in [0.4, 0.5) is 0 Å². The van der Waals surface area contributed by atoms with E-state index in [1.807, 2.05) is 6.92 Å². The fourth-order valence-corrected chi connectivity index (χ4v) is 1.37. The topological polar surface area (TPSA) is 53.2 Å². The van der Waals surface area contributed by atoms with E-state index in [4.69, 9.17) is 15.1 Å². The fourth-order valence-electron chi connectivity index (χ4n) is 1.37. The van der Waals surface area contributed by atoms with Crippen molar-refractivity contribution < 1.29 is 9.84 Å². The van der Waals surface area contributed by atoms with E-state index in [-0.39, 0.29) is 6.61 Å². The van der Waals surface area contributed by atoms with E-state index >= 15 is 0 Å². The zero-order chi connectivity index (χ0) is 9.73. The molecule has 1 N–H and O–H groups in total. The Hall–Kier alpha value is -0.590. The molecule has 13 heavy (non-hydrogen) atoms. The van der Waals surface area contributed by atoms with Crippen LogP contribution in [-0.4, -0.2) is 23.9 Å². The highest BCUT2D eigenvalue weighted by atomic mass is 16.5. The van der Waals surface area contributed by atoms with Gasteiger partial charge in [0.15, 0.2) is 5.60 Å². The van der Waals surface area contributed by atoms with E-state index < -0.39 is 5.60 Å². The molecule has 0 aromatic carbocycles. The quantitative estimate of drug-likeness (QED) is 0.634. The SMILES string of the molecule is CC(C#N)(CC1CC1)OCCCO. The molecule has 1 atom stereocenters. The maximum atomic E-state index is 8.92. The summed E-state index contributed by atoms with van der Waals surface area (Å²) in [6.07, 6.45) is 3.93. The summed E-state index contributed by atoms with van der Waals surface area (Å²) in [5.41, 5.74) is -0.629. The third kappa shape index (κ3) is 3.75. The first kappa shape index (κ1) is 10.5. The third-order valence-corrected chi connectivity index (χ3v) is 2.33. The molecule has 74 valence electrons. The molecule has 0 aliphatic heterocycles. The van der Waals surface area contributed by atoms with Gasteiger partial charge < -0.3 is 9.84 Å². The van der Waals surface area contributed by atoms with Crippen molar-refractivity contribution in [3.8, 4) is 6.07 Å². The van der Waals surface area contributed by atoms with E-state index in [1.54, 1.807) is 0 Å². The van der Waals surface area contributed by atoms with Crippen LogP contribution in [0.25, 0.3) is 0 Å². The van der Waals surface area contributed by atoms with Gasteiger partial charge >= 0.3 is 0 Å².